The van der Waals surface area contributed by atoms with Crippen molar-refractivity contribution in [2.24, 2.45) is 5.41 Å². The van der Waals surface area contributed by atoms with Crippen molar-refractivity contribution in [1.29, 1.82) is 0 Å². The van der Waals surface area contributed by atoms with E-state index in [1.807, 2.05) is 0 Å². The van der Waals surface area contributed by atoms with Crippen LogP contribution in [0.25, 0.3) is 0 Å². The molecular formula is C11H15NO4. The van der Waals surface area contributed by atoms with Gasteiger partial charge >= 0.3 is 12.1 Å². The molecule has 0 heterocycles. The summed E-state index contributed by atoms with van der Waals surface area (Å²) in [6.07, 6.45) is 3.55. The second-order valence-corrected chi connectivity index (χ2v) is 4.89. The predicted octanol–water partition coefficient (Wildman–Crippen LogP) is 1.30. The van der Waals surface area contributed by atoms with Crippen molar-refractivity contribution in [3.05, 3.63) is 12.7 Å². The summed E-state index contributed by atoms with van der Waals surface area (Å²) in [5.41, 5.74) is -0.245. The zero-order chi connectivity index (χ0) is 11.8. The normalized spacial score (nSPS) is 34.2. The van der Waals surface area contributed by atoms with E-state index in [0.717, 1.165) is 19.3 Å². The lowest BCUT2D eigenvalue weighted by molar-refractivity contribution is -0.173. The lowest BCUT2D eigenvalue weighted by Crippen LogP contribution is -2.75. The maximum atomic E-state index is 11.3. The first-order chi connectivity index (χ1) is 7.49. The molecule has 16 heavy (non-hydrogen) atoms. The van der Waals surface area contributed by atoms with Crippen molar-refractivity contribution < 1.29 is 19.4 Å². The third-order valence-electron chi connectivity index (χ3n) is 3.37. The molecule has 0 unspecified atom stereocenters. The summed E-state index contributed by atoms with van der Waals surface area (Å²) in [5.74, 6) is -0.762. The molecule has 0 radical (unpaired) electrons. The van der Waals surface area contributed by atoms with Gasteiger partial charge in [0.05, 0.1) is 6.42 Å². The van der Waals surface area contributed by atoms with Gasteiger partial charge in [-0.2, -0.15) is 0 Å². The number of carbonyl (C=O) groups is 2. The topological polar surface area (TPSA) is 75.6 Å². The molecule has 3 fully saturated rings. The van der Waals surface area contributed by atoms with Gasteiger partial charge in [-0.25, -0.2) is 4.79 Å². The molecule has 1 amide bonds. The van der Waals surface area contributed by atoms with Crippen LogP contribution in [-0.2, 0) is 9.53 Å². The Kier molecular flexibility index (Phi) is 2.40. The van der Waals surface area contributed by atoms with Gasteiger partial charge in [-0.05, 0) is 24.7 Å². The minimum absolute atomic E-state index is 0.0580. The number of hydrogen-bond donors (Lipinski definition) is 2. The van der Waals surface area contributed by atoms with Gasteiger partial charge in [0.2, 0.25) is 0 Å². The summed E-state index contributed by atoms with van der Waals surface area (Å²) in [4.78, 5) is 21.8. The highest BCUT2D eigenvalue weighted by Crippen LogP contribution is 2.68. The number of carboxylic acids is 1. The van der Waals surface area contributed by atoms with Gasteiger partial charge < -0.3 is 15.2 Å². The van der Waals surface area contributed by atoms with E-state index in [0.29, 0.717) is 0 Å². The van der Waals surface area contributed by atoms with Crippen molar-refractivity contribution in [2.45, 2.75) is 31.2 Å². The summed E-state index contributed by atoms with van der Waals surface area (Å²) in [5, 5.41) is 11.5. The minimum Gasteiger partial charge on any atom is -0.481 e. The van der Waals surface area contributed by atoms with Crippen molar-refractivity contribution in [2.75, 3.05) is 6.61 Å². The molecule has 0 aromatic heterocycles. The number of ether oxygens (including phenoxy) is 1. The molecule has 0 saturated heterocycles. The highest BCUT2D eigenvalue weighted by Gasteiger charge is 2.69. The quantitative estimate of drug-likeness (QED) is 0.691. The molecule has 0 atom stereocenters. The van der Waals surface area contributed by atoms with E-state index in [4.69, 9.17) is 9.84 Å². The first-order valence-corrected chi connectivity index (χ1v) is 5.27. The zero-order valence-corrected chi connectivity index (χ0v) is 8.99. The molecule has 5 nitrogen and oxygen atoms in total. The van der Waals surface area contributed by atoms with E-state index < -0.39 is 12.1 Å². The molecule has 5 heteroatoms. The Hall–Kier alpha value is -1.52. The number of aliphatic carboxylic acids is 1. The summed E-state index contributed by atoms with van der Waals surface area (Å²) < 4.78 is 4.82. The highest BCUT2D eigenvalue weighted by molar-refractivity contribution is 5.71. The minimum atomic E-state index is -0.762. The lowest BCUT2D eigenvalue weighted by Gasteiger charge is -2.70. The standard InChI is InChI=1S/C11H15NO4/c1-2-3-16-9(15)12-11-5-10(6-11,7-11)4-8(13)14/h2H,1,3-7H2,(H,12,15)(H,13,14). The van der Waals surface area contributed by atoms with Crippen LogP contribution in [-0.4, -0.2) is 29.3 Å². The Balaban J connectivity index is 1.74. The van der Waals surface area contributed by atoms with Crippen LogP contribution in [0.1, 0.15) is 25.7 Å². The SMILES string of the molecule is C=CCOC(=O)NC12CC(CC(=O)O)(C1)C2. The Labute approximate surface area is 93.5 Å². The predicted molar refractivity (Wildman–Crippen MR) is 55.9 cm³/mol. The zero-order valence-electron chi connectivity index (χ0n) is 8.99. The monoisotopic (exact) mass is 225 g/mol. The van der Waals surface area contributed by atoms with Gasteiger partial charge in [-0.1, -0.05) is 12.7 Å². The fourth-order valence-corrected chi connectivity index (χ4v) is 3.03. The molecule has 3 saturated carbocycles. The number of carbonyl (C=O) groups excluding carboxylic acids is 1. The van der Waals surface area contributed by atoms with Crippen LogP contribution < -0.4 is 5.32 Å². The Morgan fingerprint density at radius 2 is 2.06 bits per heavy atom. The molecule has 0 spiro atoms. The maximum Gasteiger partial charge on any atom is 0.407 e. The Morgan fingerprint density at radius 3 is 2.56 bits per heavy atom. The first-order valence-electron chi connectivity index (χ1n) is 5.27. The number of amides is 1. The largest absolute Gasteiger partial charge is 0.481 e. The molecule has 0 aromatic rings. The second kappa shape index (κ2) is 3.50. The summed E-state index contributed by atoms with van der Waals surface area (Å²) in [7, 11) is 0. The maximum absolute atomic E-state index is 11.3. The fourth-order valence-electron chi connectivity index (χ4n) is 3.03. The van der Waals surface area contributed by atoms with Crippen LogP contribution in [0.15, 0.2) is 12.7 Å². The van der Waals surface area contributed by atoms with Crippen molar-refractivity contribution >= 4 is 12.1 Å². The van der Waals surface area contributed by atoms with Crippen molar-refractivity contribution in [1.82, 2.24) is 5.32 Å². The molecule has 3 rings (SSSR count). The van der Waals surface area contributed by atoms with Gasteiger partial charge in [-0.15, -0.1) is 0 Å². The van der Waals surface area contributed by atoms with Gasteiger partial charge in [0.1, 0.15) is 6.61 Å². The molecule has 0 aliphatic heterocycles. The average molecular weight is 225 g/mol. The lowest BCUT2D eigenvalue weighted by atomic mass is 9.38. The molecule has 3 aliphatic rings. The summed E-state index contributed by atoms with van der Waals surface area (Å²) in [6.45, 7) is 3.64. The third-order valence-corrected chi connectivity index (χ3v) is 3.37. The van der Waals surface area contributed by atoms with Crippen LogP contribution in [0.3, 0.4) is 0 Å². The Morgan fingerprint density at radius 1 is 1.44 bits per heavy atom. The smallest absolute Gasteiger partial charge is 0.407 e. The molecule has 2 bridgehead atoms. The number of rotatable bonds is 5. The second-order valence-electron chi connectivity index (χ2n) is 4.89. The Bertz CT molecular complexity index is 330. The van der Waals surface area contributed by atoms with E-state index in [9.17, 15) is 9.59 Å². The number of carboxylic acid groups (broad SMARTS) is 1. The molecule has 2 N–H and O–H groups in total. The van der Waals surface area contributed by atoms with Crippen LogP contribution in [0.5, 0.6) is 0 Å². The van der Waals surface area contributed by atoms with E-state index in [1.54, 1.807) is 0 Å². The van der Waals surface area contributed by atoms with Gasteiger partial charge in [0, 0.05) is 5.54 Å². The fraction of sp³-hybridized carbons (Fsp3) is 0.636. The third kappa shape index (κ3) is 1.77. The average Bonchev–Trinajstić information content (AvgIpc) is 2.08. The van der Waals surface area contributed by atoms with Gasteiger partial charge in [0.25, 0.3) is 0 Å². The summed E-state index contributed by atoms with van der Waals surface area (Å²) >= 11 is 0. The van der Waals surface area contributed by atoms with Crippen LogP contribution >= 0.6 is 0 Å². The van der Waals surface area contributed by atoms with E-state index >= 15 is 0 Å². The molecule has 88 valence electrons. The molecule has 0 aromatic carbocycles. The van der Waals surface area contributed by atoms with Crippen molar-refractivity contribution in [3.63, 3.8) is 0 Å². The van der Waals surface area contributed by atoms with Crippen molar-refractivity contribution in [3.8, 4) is 0 Å². The van der Waals surface area contributed by atoms with Crippen LogP contribution in [0.4, 0.5) is 4.79 Å². The highest BCUT2D eigenvalue weighted by atomic mass is 16.5. The number of nitrogens with one attached hydrogen (secondary N) is 1. The van der Waals surface area contributed by atoms with E-state index in [2.05, 4.69) is 11.9 Å². The van der Waals surface area contributed by atoms with Gasteiger partial charge in [0.15, 0.2) is 0 Å². The van der Waals surface area contributed by atoms with Crippen LogP contribution in [0.2, 0.25) is 0 Å². The summed E-state index contributed by atoms with van der Waals surface area (Å²) in [6, 6.07) is 0. The molecule has 3 aliphatic carbocycles. The number of alkyl carbamates (subject to hydrolysis) is 1. The number of hydrogen-bond acceptors (Lipinski definition) is 3. The van der Waals surface area contributed by atoms with E-state index in [-0.39, 0.29) is 24.0 Å². The molecular weight excluding hydrogens is 210 g/mol. The first kappa shape index (κ1) is 11.0. The van der Waals surface area contributed by atoms with Crippen LogP contribution in [0, 0.1) is 5.41 Å². The van der Waals surface area contributed by atoms with E-state index in [1.165, 1.54) is 6.08 Å². The van der Waals surface area contributed by atoms with Gasteiger partial charge in [-0.3, -0.25) is 4.79 Å².